The number of aromatic carboxylic acids is 1. The minimum absolute atomic E-state index is 0.00510. The number of thiazole rings is 1. The van der Waals surface area contributed by atoms with Gasteiger partial charge in [0.25, 0.3) is 0 Å². The molecule has 1 aliphatic rings. The lowest BCUT2D eigenvalue weighted by atomic mass is 9.88. The Bertz CT molecular complexity index is 1260. The molecule has 0 amide bonds. The summed E-state index contributed by atoms with van der Waals surface area (Å²) in [6, 6.07) is 2.65. The molecule has 0 unspecified atom stereocenters. The highest BCUT2D eigenvalue weighted by atomic mass is 35.5. The van der Waals surface area contributed by atoms with E-state index in [0.717, 1.165) is 11.3 Å². The van der Waals surface area contributed by atoms with Gasteiger partial charge in [-0.3, -0.25) is 9.78 Å². The fraction of sp³-hybridized carbons (Fsp3) is 0.391. The van der Waals surface area contributed by atoms with Gasteiger partial charge in [-0.05, 0) is 38.3 Å². The maximum absolute atomic E-state index is 14.3. The molecule has 0 spiro atoms. The average Bonchev–Trinajstić information content (AvgIpc) is 3.38. The summed E-state index contributed by atoms with van der Waals surface area (Å²) in [6.45, 7) is 4.99. The van der Waals surface area contributed by atoms with E-state index < -0.39 is 11.8 Å². The first-order valence-corrected chi connectivity index (χ1v) is 12.6. The van der Waals surface area contributed by atoms with Crippen molar-refractivity contribution in [2.75, 3.05) is 24.6 Å². The largest absolute Gasteiger partial charge is 0.477 e. The summed E-state index contributed by atoms with van der Waals surface area (Å²) in [5.74, 6) is -2.07. The van der Waals surface area contributed by atoms with Crippen LogP contribution in [0.4, 0.5) is 9.52 Å². The van der Waals surface area contributed by atoms with Crippen LogP contribution in [-0.2, 0) is 4.74 Å². The van der Waals surface area contributed by atoms with E-state index >= 15 is 0 Å². The number of carbonyl (C=O) groups excluding carboxylic acids is 1. The molecule has 0 aromatic carbocycles. The summed E-state index contributed by atoms with van der Waals surface area (Å²) in [5.41, 5.74) is 0.815. The number of Topliss-reactive ketones (excluding diaryl/α,β-unsaturated/α-hetero) is 1. The van der Waals surface area contributed by atoms with Crippen LogP contribution in [0.1, 0.15) is 45.6 Å². The van der Waals surface area contributed by atoms with E-state index in [1.807, 2.05) is 11.8 Å². The molecule has 1 aliphatic heterocycles. The number of carbonyl (C=O) groups is 2. The summed E-state index contributed by atoms with van der Waals surface area (Å²) in [7, 11) is 0. The topological polar surface area (TPSA) is 108 Å². The smallest absolute Gasteiger partial charge is 0.348 e. The van der Waals surface area contributed by atoms with Crippen LogP contribution >= 0.6 is 34.5 Å². The number of nitrogens with zero attached hydrogens (tertiary/aromatic N) is 3. The molecule has 0 bridgehead atoms. The number of aryl methyl sites for hydroxylation is 1. The number of aromatic nitrogens is 3. The molecule has 12 heteroatoms. The molecular formula is C23H23Cl2FN4O4S. The zero-order valence-corrected chi connectivity index (χ0v) is 21.3. The van der Waals surface area contributed by atoms with Gasteiger partial charge in [0.05, 0.1) is 16.1 Å². The average molecular weight is 541 g/mol. The Morgan fingerprint density at radius 1 is 1.34 bits per heavy atom. The van der Waals surface area contributed by atoms with E-state index in [1.165, 1.54) is 18.3 Å². The van der Waals surface area contributed by atoms with Crippen LogP contribution < -0.4 is 4.90 Å². The predicted molar refractivity (Wildman–Crippen MR) is 132 cm³/mol. The maximum atomic E-state index is 14.3. The van der Waals surface area contributed by atoms with Crippen molar-refractivity contribution in [1.29, 1.82) is 0 Å². The number of carboxylic acids is 1. The fourth-order valence-electron chi connectivity index (χ4n) is 4.19. The number of hydrogen-bond acceptors (Lipinski definition) is 7. The van der Waals surface area contributed by atoms with Gasteiger partial charge in [-0.25, -0.2) is 14.2 Å². The molecule has 2 atom stereocenters. The van der Waals surface area contributed by atoms with Crippen LogP contribution in [0.3, 0.4) is 0 Å². The van der Waals surface area contributed by atoms with E-state index in [9.17, 15) is 19.1 Å². The monoisotopic (exact) mass is 540 g/mol. The zero-order chi connectivity index (χ0) is 25.3. The fourth-order valence-corrected chi connectivity index (χ4v) is 5.57. The van der Waals surface area contributed by atoms with Crippen LogP contribution in [0.5, 0.6) is 0 Å². The van der Waals surface area contributed by atoms with E-state index in [1.54, 1.807) is 6.92 Å². The molecule has 3 aromatic rings. The van der Waals surface area contributed by atoms with Crippen LogP contribution in [0.15, 0.2) is 18.3 Å². The van der Waals surface area contributed by atoms with Gasteiger partial charge in [-0.15, -0.1) is 0 Å². The van der Waals surface area contributed by atoms with Gasteiger partial charge in [0.2, 0.25) is 0 Å². The number of nitrogens with one attached hydrogen (secondary N) is 1. The molecule has 4 rings (SSSR count). The van der Waals surface area contributed by atoms with Crippen LogP contribution in [0.2, 0.25) is 10.0 Å². The predicted octanol–water partition coefficient (Wildman–Crippen LogP) is 5.49. The van der Waals surface area contributed by atoms with Gasteiger partial charge >= 0.3 is 5.97 Å². The molecule has 0 radical (unpaired) electrons. The molecule has 0 aliphatic carbocycles. The van der Waals surface area contributed by atoms with Crippen molar-refractivity contribution in [2.24, 2.45) is 5.92 Å². The second-order valence-electron chi connectivity index (χ2n) is 8.18. The molecule has 0 saturated carbocycles. The Hall–Kier alpha value is -2.53. The third kappa shape index (κ3) is 5.20. The summed E-state index contributed by atoms with van der Waals surface area (Å²) in [4.78, 5) is 38.0. The number of piperidine rings is 1. The van der Waals surface area contributed by atoms with E-state index in [4.69, 9.17) is 27.9 Å². The Morgan fingerprint density at radius 3 is 2.74 bits per heavy atom. The first kappa shape index (κ1) is 25.6. The minimum Gasteiger partial charge on any atom is -0.477 e. The zero-order valence-electron chi connectivity index (χ0n) is 19.0. The lowest BCUT2D eigenvalue weighted by Gasteiger charge is -2.38. The molecule has 186 valence electrons. The van der Waals surface area contributed by atoms with E-state index in [-0.39, 0.29) is 45.5 Å². The second-order valence-corrected chi connectivity index (χ2v) is 9.92. The summed E-state index contributed by atoms with van der Waals surface area (Å²) >= 11 is 13.3. The van der Waals surface area contributed by atoms with Gasteiger partial charge in [0.15, 0.2) is 16.7 Å². The van der Waals surface area contributed by atoms with Crippen LogP contribution in [0.25, 0.3) is 11.4 Å². The number of ether oxygens (including phenoxy) is 1. The number of pyridine rings is 1. The van der Waals surface area contributed by atoms with E-state index in [2.05, 4.69) is 15.0 Å². The van der Waals surface area contributed by atoms with Gasteiger partial charge in [0.1, 0.15) is 22.0 Å². The molecule has 35 heavy (non-hydrogen) atoms. The third-order valence-corrected chi connectivity index (χ3v) is 7.97. The molecule has 3 aromatic heterocycles. The SMILES string of the molecule is CCO[C@H]1CN(c2nc(-c3ncccc3F)c(C(=O)O)s2)CC[C@H]1CC(=O)c1[nH]c(C)c(Cl)c1Cl. The number of ketones is 1. The van der Waals surface area contributed by atoms with Gasteiger partial charge in [0, 0.05) is 38.0 Å². The Morgan fingerprint density at radius 2 is 2.11 bits per heavy atom. The highest BCUT2D eigenvalue weighted by Gasteiger charge is 2.35. The van der Waals surface area contributed by atoms with Gasteiger partial charge in [-0.2, -0.15) is 0 Å². The second kappa shape index (κ2) is 10.6. The summed E-state index contributed by atoms with van der Waals surface area (Å²) < 4.78 is 20.3. The number of H-pyrrole nitrogens is 1. The van der Waals surface area contributed by atoms with Crippen molar-refractivity contribution in [3.63, 3.8) is 0 Å². The van der Waals surface area contributed by atoms with Crippen molar-refractivity contribution < 1.29 is 23.8 Å². The molecule has 1 saturated heterocycles. The Labute approximate surface area is 215 Å². The number of hydrogen-bond donors (Lipinski definition) is 2. The quantitative estimate of drug-likeness (QED) is 0.363. The standard InChI is InChI=1S/C23H23Cl2FN4O4S/c1-3-34-15-10-30(8-6-12(15)9-14(31)19-17(25)16(24)11(2)28-19)23-29-20(21(35-23)22(32)33)18-13(26)5-4-7-27-18/h4-5,7,12,15,28H,3,6,8-10H2,1-2H3,(H,32,33)/t12-,15-/m0/s1. The molecular weight excluding hydrogens is 518 g/mol. The lowest BCUT2D eigenvalue weighted by Crippen LogP contribution is -2.46. The maximum Gasteiger partial charge on any atom is 0.348 e. The van der Waals surface area contributed by atoms with Crippen LogP contribution in [0, 0.1) is 18.7 Å². The highest BCUT2D eigenvalue weighted by molar-refractivity contribution is 7.17. The third-order valence-electron chi connectivity index (χ3n) is 5.92. The number of carboxylic acid groups (broad SMARTS) is 1. The summed E-state index contributed by atoms with van der Waals surface area (Å²) in [5, 5.41) is 10.7. The minimum atomic E-state index is -1.20. The Kier molecular flexibility index (Phi) is 7.75. The molecule has 4 heterocycles. The highest BCUT2D eigenvalue weighted by Crippen LogP contribution is 2.37. The first-order valence-electron chi connectivity index (χ1n) is 11.0. The lowest BCUT2D eigenvalue weighted by molar-refractivity contribution is 0.0103. The van der Waals surface area contributed by atoms with Gasteiger partial charge < -0.3 is 19.7 Å². The first-order chi connectivity index (χ1) is 16.7. The number of aromatic amines is 1. The molecule has 1 fully saturated rings. The number of rotatable bonds is 8. The van der Waals surface area contributed by atoms with Crippen molar-refractivity contribution in [2.45, 2.75) is 32.8 Å². The van der Waals surface area contributed by atoms with Gasteiger partial charge in [-0.1, -0.05) is 34.5 Å². The summed E-state index contributed by atoms with van der Waals surface area (Å²) in [6.07, 6.45) is 1.92. The number of anilines is 1. The molecule has 8 nitrogen and oxygen atoms in total. The van der Waals surface area contributed by atoms with Crippen molar-refractivity contribution >= 4 is 51.4 Å². The van der Waals surface area contributed by atoms with Crippen molar-refractivity contribution in [3.05, 3.63) is 50.5 Å². The van der Waals surface area contributed by atoms with E-state index in [0.29, 0.717) is 47.7 Å². The van der Waals surface area contributed by atoms with Crippen LogP contribution in [-0.4, -0.2) is 57.6 Å². The Balaban J connectivity index is 1.55. The molecule has 2 N–H and O–H groups in total. The van der Waals surface area contributed by atoms with Crippen molar-refractivity contribution in [3.8, 4) is 11.4 Å². The van der Waals surface area contributed by atoms with Crippen molar-refractivity contribution in [1.82, 2.24) is 15.0 Å². The normalized spacial score (nSPS) is 18.1. The number of halogens is 3.